The maximum absolute atomic E-state index is 12.5. The topological polar surface area (TPSA) is 92.2 Å². The fourth-order valence-corrected chi connectivity index (χ4v) is 3.66. The number of nitrogens with one attached hydrogen (secondary N) is 2. The molecule has 0 atom stereocenters. The average molecular weight is 439 g/mol. The van der Waals surface area contributed by atoms with Gasteiger partial charge < -0.3 is 15.5 Å². The molecule has 9 heteroatoms. The molecule has 8 nitrogen and oxygen atoms in total. The summed E-state index contributed by atoms with van der Waals surface area (Å²) in [6.07, 6.45) is 8.09. The van der Waals surface area contributed by atoms with Crippen LogP contribution >= 0.6 is 11.6 Å². The van der Waals surface area contributed by atoms with Gasteiger partial charge in [0.05, 0.1) is 23.1 Å². The van der Waals surface area contributed by atoms with Gasteiger partial charge in [-0.25, -0.2) is 14.5 Å². The van der Waals surface area contributed by atoms with Gasteiger partial charge >= 0.3 is 6.03 Å². The van der Waals surface area contributed by atoms with E-state index in [0.29, 0.717) is 28.6 Å². The van der Waals surface area contributed by atoms with Gasteiger partial charge in [0.25, 0.3) is 5.91 Å². The number of urea groups is 1. The molecule has 3 heterocycles. The smallest absolute Gasteiger partial charge is 0.319 e. The molecule has 4 rings (SSSR count). The number of benzene rings is 1. The normalized spacial score (nSPS) is 13.6. The van der Waals surface area contributed by atoms with Gasteiger partial charge in [-0.05, 0) is 49.1 Å². The second kappa shape index (κ2) is 9.61. The molecular formula is C22H23ClN6O2. The minimum absolute atomic E-state index is 0.0713. The van der Waals surface area contributed by atoms with E-state index < -0.39 is 0 Å². The molecule has 0 unspecified atom stereocenters. The predicted molar refractivity (Wildman–Crippen MR) is 118 cm³/mol. The van der Waals surface area contributed by atoms with Crippen molar-refractivity contribution in [3.8, 4) is 5.82 Å². The zero-order valence-corrected chi connectivity index (χ0v) is 17.7. The van der Waals surface area contributed by atoms with Gasteiger partial charge in [0, 0.05) is 31.4 Å². The van der Waals surface area contributed by atoms with Crippen molar-refractivity contribution in [2.24, 2.45) is 0 Å². The van der Waals surface area contributed by atoms with E-state index in [9.17, 15) is 9.59 Å². The first-order chi connectivity index (χ1) is 15.1. The summed E-state index contributed by atoms with van der Waals surface area (Å²) in [5.41, 5.74) is 2.10. The van der Waals surface area contributed by atoms with E-state index in [1.165, 1.54) is 17.3 Å². The Morgan fingerprint density at radius 1 is 1.06 bits per heavy atom. The predicted octanol–water partition coefficient (Wildman–Crippen LogP) is 3.87. The van der Waals surface area contributed by atoms with Crippen molar-refractivity contribution >= 4 is 29.2 Å². The molecule has 1 aliphatic heterocycles. The monoisotopic (exact) mass is 438 g/mol. The summed E-state index contributed by atoms with van der Waals surface area (Å²) >= 11 is 6.12. The number of likely N-dealkylation sites (tertiary alicyclic amines) is 1. The Hall–Kier alpha value is -3.39. The standard InChI is InChI=1S/C22H23ClN6O2/c23-19-5-4-10-24-20(19)29-15-18(14-26-29)27-22(31)25-13-16-6-8-17(9-7-16)21(30)28-11-2-1-3-12-28/h4-10,14-15H,1-3,11-13H2,(H2,25,27,31). The minimum Gasteiger partial charge on any atom is -0.339 e. The van der Waals surface area contributed by atoms with Crippen LogP contribution in [0.15, 0.2) is 55.0 Å². The lowest BCUT2D eigenvalue weighted by molar-refractivity contribution is 0.0724. The Labute approximate surface area is 185 Å². The summed E-state index contributed by atoms with van der Waals surface area (Å²) in [5, 5.41) is 10.2. The first-order valence-electron chi connectivity index (χ1n) is 10.2. The summed E-state index contributed by atoms with van der Waals surface area (Å²) in [5.74, 6) is 0.554. The first-order valence-corrected chi connectivity index (χ1v) is 10.6. The van der Waals surface area contributed by atoms with Gasteiger partial charge in [-0.2, -0.15) is 5.10 Å². The van der Waals surface area contributed by atoms with Crippen LogP contribution in [0, 0.1) is 0 Å². The van der Waals surface area contributed by atoms with Crippen molar-refractivity contribution in [1.29, 1.82) is 0 Å². The molecule has 0 bridgehead atoms. The number of nitrogens with zero attached hydrogens (tertiary/aromatic N) is 4. The number of amides is 3. The van der Waals surface area contributed by atoms with Gasteiger partial charge in [0.2, 0.25) is 0 Å². The molecule has 2 aromatic heterocycles. The van der Waals surface area contributed by atoms with Crippen LogP contribution in [0.1, 0.15) is 35.2 Å². The summed E-state index contributed by atoms with van der Waals surface area (Å²) in [6.45, 7) is 1.99. The highest BCUT2D eigenvalue weighted by Gasteiger charge is 2.18. The van der Waals surface area contributed by atoms with E-state index in [-0.39, 0.29) is 11.9 Å². The third-order valence-electron chi connectivity index (χ3n) is 5.09. The first kappa shape index (κ1) is 20.9. The van der Waals surface area contributed by atoms with Crippen LogP contribution < -0.4 is 10.6 Å². The molecule has 0 radical (unpaired) electrons. The highest BCUT2D eigenvalue weighted by Crippen LogP contribution is 2.18. The van der Waals surface area contributed by atoms with Gasteiger partial charge in [-0.1, -0.05) is 23.7 Å². The molecule has 160 valence electrons. The van der Waals surface area contributed by atoms with Crippen molar-refractivity contribution < 1.29 is 9.59 Å². The van der Waals surface area contributed by atoms with Crippen LogP contribution in [-0.2, 0) is 6.54 Å². The lowest BCUT2D eigenvalue weighted by Crippen LogP contribution is -2.35. The van der Waals surface area contributed by atoms with Crippen LogP contribution in [-0.4, -0.2) is 44.7 Å². The maximum atomic E-state index is 12.5. The number of anilines is 1. The third-order valence-corrected chi connectivity index (χ3v) is 5.39. The van der Waals surface area contributed by atoms with Gasteiger partial charge in [0.15, 0.2) is 5.82 Å². The Kier molecular flexibility index (Phi) is 6.47. The average Bonchev–Trinajstić information content (AvgIpc) is 3.26. The molecule has 0 spiro atoms. The quantitative estimate of drug-likeness (QED) is 0.632. The number of pyridine rings is 1. The van der Waals surface area contributed by atoms with E-state index in [0.717, 1.165) is 31.5 Å². The van der Waals surface area contributed by atoms with Gasteiger partial charge in [-0.15, -0.1) is 0 Å². The Balaban J connectivity index is 1.29. The molecule has 1 saturated heterocycles. The summed E-state index contributed by atoms with van der Waals surface area (Å²) in [6, 6.07) is 10.4. The molecule has 0 saturated carbocycles. The molecule has 2 N–H and O–H groups in total. The number of rotatable bonds is 5. The van der Waals surface area contributed by atoms with E-state index in [2.05, 4.69) is 20.7 Å². The lowest BCUT2D eigenvalue weighted by Gasteiger charge is -2.26. The van der Waals surface area contributed by atoms with Crippen molar-refractivity contribution in [1.82, 2.24) is 25.0 Å². The van der Waals surface area contributed by atoms with E-state index in [1.54, 1.807) is 24.5 Å². The number of aromatic nitrogens is 3. The molecule has 0 aliphatic carbocycles. The fourth-order valence-electron chi connectivity index (χ4n) is 3.45. The Morgan fingerprint density at radius 3 is 2.58 bits per heavy atom. The van der Waals surface area contributed by atoms with E-state index in [4.69, 9.17) is 11.6 Å². The SMILES string of the molecule is O=C(NCc1ccc(C(=O)N2CCCCC2)cc1)Nc1cnn(-c2ncccc2Cl)c1. The maximum Gasteiger partial charge on any atom is 0.319 e. The minimum atomic E-state index is -0.361. The molecule has 1 aromatic carbocycles. The molecular weight excluding hydrogens is 416 g/mol. The van der Waals surface area contributed by atoms with Crippen LogP contribution in [0.5, 0.6) is 0 Å². The Bertz CT molecular complexity index is 1060. The van der Waals surface area contributed by atoms with Gasteiger partial charge in [-0.3, -0.25) is 4.79 Å². The summed E-state index contributed by atoms with van der Waals surface area (Å²) in [7, 11) is 0. The number of carbonyl (C=O) groups is 2. The molecule has 1 fully saturated rings. The zero-order chi connectivity index (χ0) is 21.6. The van der Waals surface area contributed by atoms with Crippen LogP contribution in [0.4, 0.5) is 10.5 Å². The van der Waals surface area contributed by atoms with Crippen molar-refractivity contribution in [3.05, 3.63) is 71.1 Å². The van der Waals surface area contributed by atoms with E-state index in [1.807, 2.05) is 29.2 Å². The number of carbonyl (C=O) groups excluding carboxylic acids is 2. The van der Waals surface area contributed by atoms with Crippen LogP contribution in [0.2, 0.25) is 5.02 Å². The summed E-state index contributed by atoms with van der Waals surface area (Å²) in [4.78, 5) is 30.8. The zero-order valence-electron chi connectivity index (χ0n) is 16.9. The number of piperidine rings is 1. The number of hydrogen-bond donors (Lipinski definition) is 2. The van der Waals surface area contributed by atoms with Crippen molar-refractivity contribution in [3.63, 3.8) is 0 Å². The van der Waals surface area contributed by atoms with E-state index >= 15 is 0 Å². The number of hydrogen-bond acceptors (Lipinski definition) is 4. The lowest BCUT2D eigenvalue weighted by atomic mass is 10.1. The highest BCUT2D eigenvalue weighted by atomic mass is 35.5. The molecule has 1 aliphatic rings. The highest BCUT2D eigenvalue weighted by molar-refractivity contribution is 6.32. The second-order valence-electron chi connectivity index (χ2n) is 7.34. The third kappa shape index (κ3) is 5.21. The summed E-state index contributed by atoms with van der Waals surface area (Å²) < 4.78 is 1.50. The fraction of sp³-hybridized carbons (Fsp3) is 0.273. The number of halogens is 1. The van der Waals surface area contributed by atoms with Crippen LogP contribution in [0.25, 0.3) is 5.82 Å². The molecule has 3 aromatic rings. The van der Waals surface area contributed by atoms with Crippen LogP contribution in [0.3, 0.4) is 0 Å². The van der Waals surface area contributed by atoms with Crippen molar-refractivity contribution in [2.75, 3.05) is 18.4 Å². The second-order valence-corrected chi connectivity index (χ2v) is 7.75. The molecule has 31 heavy (non-hydrogen) atoms. The largest absolute Gasteiger partial charge is 0.339 e. The van der Waals surface area contributed by atoms with Crippen molar-refractivity contribution in [2.45, 2.75) is 25.8 Å². The molecule has 3 amide bonds. The Morgan fingerprint density at radius 2 is 1.84 bits per heavy atom. The van der Waals surface area contributed by atoms with Gasteiger partial charge in [0.1, 0.15) is 0 Å².